The molecule has 0 aliphatic rings. The van der Waals surface area contributed by atoms with E-state index in [0.29, 0.717) is 22.3 Å². The van der Waals surface area contributed by atoms with E-state index in [2.05, 4.69) is 9.97 Å². The van der Waals surface area contributed by atoms with Crippen molar-refractivity contribution >= 4 is 20.9 Å². The molecule has 1 N–H and O–H groups in total. The summed E-state index contributed by atoms with van der Waals surface area (Å²) >= 11 is 0. The van der Waals surface area contributed by atoms with Gasteiger partial charge >= 0.3 is 0 Å². The van der Waals surface area contributed by atoms with Crippen LogP contribution in [0.4, 0.5) is 0 Å². The van der Waals surface area contributed by atoms with E-state index in [-0.39, 0.29) is 4.90 Å². The molecule has 0 fully saturated rings. The molecule has 136 valence electrons. The van der Waals surface area contributed by atoms with Crippen LogP contribution < -0.4 is 0 Å². The van der Waals surface area contributed by atoms with Gasteiger partial charge in [-0.15, -0.1) is 0 Å². The van der Waals surface area contributed by atoms with Gasteiger partial charge in [-0.25, -0.2) is 22.4 Å². The van der Waals surface area contributed by atoms with Crippen molar-refractivity contribution in [2.45, 2.75) is 17.9 Å². The topological polar surface area (TPSA) is 85.1 Å². The third-order valence-electron chi connectivity index (χ3n) is 4.42. The van der Waals surface area contributed by atoms with E-state index in [4.69, 9.17) is 0 Å². The lowest BCUT2D eigenvalue weighted by atomic mass is 10.0. The average molecular weight is 379 g/mol. The van der Waals surface area contributed by atoms with Crippen LogP contribution in [0.2, 0.25) is 0 Å². The Morgan fingerprint density at radius 1 is 1.04 bits per heavy atom. The van der Waals surface area contributed by atoms with Gasteiger partial charge in [0.2, 0.25) is 0 Å². The summed E-state index contributed by atoms with van der Waals surface area (Å²) in [5.74, 6) is 0. The monoisotopic (exact) mass is 379 g/mol. The molecule has 2 aromatic carbocycles. The maximum Gasteiger partial charge on any atom is 0.268 e. The van der Waals surface area contributed by atoms with Crippen molar-refractivity contribution in [1.82, 2.24) is 13.9 Å². The molecular weight excluding hydrogens is 362 g/mol. The molecule has 1 atom stereocenters. The van der Waals surface area contributed by atoms with Gasteiger partial charge in [0.25, 0.3) is 10.0 Å². The number of hydrogen-bond acceptors (Lipinski definition) is 5. The van der Waals surface area contributed by atoms with Gasteiger partial charge < -0.3 is 5.11 Å². The maximum absolute atomic E-state index is 13.2. The van der Waals surface area contributed by atoms with E-state index in [1.54, 1.807) is 61.8 Å². The van der Waals surface area contributed by atoms with Gasteiger partial charge in [0.1, 0.15) is 6.33 Å². The zero-order valence-corrected chi connectivity index (χ0v) is 15.3. The summed E-state index contributed by atoms with van der Waals surface area (Å²) in [4.78, 5) is 8.49. The molecular formula is C20H17N3O3S. The number of rotatable bonds is 4. The molecule has 7 heteroatoms. The second-order valence-corrected chi connectivity index (χ2v) is 7.99. The Morgan fingerprint density at radius 2 is 1.74 bits per heavy atom. The number of para-hydroxylation sites is 1. The summed E-state index contributed by atoms with van der Waals surface area (Å²) in [6.07, 6.45) is 3.71. The third kappa shape index (κ3) is 2.90. The number of aliphatic hydroxyl groups excluding tert-OH is 1. The van der Waals surface area contributed by atoms with Gasteiger partial charge in [-0.05, 0) is 25.1 Å². The highest BCUT2D eigenvalue weighted by Gasteiger charge is 2.23. The molecule has 0 saturated heterocycles. The van der Waals surface area contributed by atoms with Crippen LogP contribution in [0.1, 0.15) is 18.6 Å². The maximum atomic E-state index is 13.2. The average Bonchev–Trinajstić information content (AvgIpc) is 3.09. The van der Waals surface area contributed by atoms with Crippen LogP contribution in [0, 0.1) is 0 Å². The predicted molar refractivity (Wildman–Crippen MR) is 103 cm³/mol. The molecule has 0 saturated carbocycles. The first-order valence-electron chi connectivity index (χ1n) is 8.39. The minimum atomic E-state index is -3.78. The first-order chi connectivity index (χ1) is 13.0. The number of aliphatic hydroxyl groups is 1. The smallest absolute Gasteiger partial charge is 0.268 e. The summed E-state index contributed by atoms with van der Waals surface area (Å²) in [6.45, 7) is 1.63. The van der Waals surface area contributed by atoms with Crippen molar-refractivity contribution in [3.63, 3.8) is 0 Å². The largest absolute Gasteiger partial charge is 0.389 e. The van der Waals surface area contributed by atoms with Crippen LogP contribution in [-0.4, -0.2) is 27.5 Å². The molecule has 0 aliphatic heterocycles. The van der Waals surface area contributed by atoms with Crippen LogP contribution in [-0.2, 0) is 10.0 Å². The van der Waals surface area contributed by atoms with Gasteiger partial charge in [-0.1, -0.05) is 36.4 Å². The zero-order valence-electron chi connectivity index (χ0n) is 14.5. The second-order valence-electron chi connectivity index (χ2n) is 6.18. The lowest BCUT2D eigenvalue weighted by Crippen LogP contribution is -2.11. The van der Waals surface area contributed by atoms with Crippen LogP contribution in [0.3, 0.4) is 0 Å². The quantitative estimate of drug-likeness (QED) is 0.587. The number of benzene rings is 2. The van der Waals surface area contributed by atoms with Crippen molar-refractivity contribution in [2.75, 3.05) is 0 Å². The van der Waals surface area contributed by atoms with E-state index in [1.165, 1.54) is 10.3 Å². The van der Waals surface area contributed by atoms with Crippen LogP contribution >= 0.6 is 0 Å². The second kappa shape index (κ2) is 6.61. The lowest BCUT2D eigenvalue weighted by molar-refractivity contribution is 0.199. The van der Waals surface area contributed by atoms with Crippen LogP contribution in [0.15, 0.2) is 78.2 Å². The van der Waals surface area contributed by atoms with Crippen LogP contribution in [0.5, 0.6) is 0 Å². The fourth-order valence-electron chi connectivity index (χ4n) is 3.11. The Bertz CT molecular complexity index is 1220. The Labute approximate surface area is 156 Å². The summed E-state index contributed by atoms with van der Waals surface area (Å²) in [5, 5.41) is 10.8. The molecule has 4 aromatic rings. The van der Waals surface area contributed by atoms with Gasteiger partial charge in [0.15, 0.2) is 0 Å². The standard InChI is InChI=1S/C20H17N3O3S/c1-14(24)17-11-21-13-22-20(17)18-12-23(19-10-6-5-9-16(18)19)27(25,26)15-7-3-2-4-8-15/h2-14,24H,1H3. The summed E-state index contributed by atoms with van der Waals surface area (Å²) in [6, 6.07) is 15.5. The molecule has 27 heavy (non-hydrogen) atoms. The zero-order chi connectivity index (χ0) is 19.0. The Balaban J connectivity index is 2.02. The fraction of sp³-hybridized carbons (Fsp3) is 0.100. The molecule has 1 unspecified atom stereocenters. The summed E-state index contributed by atoms with van der Waals surface area (Å²) in [5.41, 5.74) is 2.23. The number of hydrogen-bond donors (Lipinski definition) is 1. The molecule has 4 rings (SSSR count). The molecule has 2 heterocycles. The molecule has 0 amide bonds. The molecule has 0 spiro atoms. The fourth-order valence-corrected chi connectivity index (χ4v) is 4.51. The molecule has 6 nitrogen and oxygen atoms in total. The van der Waals surface area contributed by atoms with Crippen molar-refractivity contribution < 1.29 is 13.5 Å². The normalized spacial score (nSPS) is 13.0. The Kier molecular flexibility index (Phi) is 4.25. The van der Waals surface area contributed by atoms with Crippen molar-refractivity contribution in [1.29, 1.82) is 0 Å². The third-order valence-corrected chi connectivity index (χ3v) is 6.11. The first-order valence-corrected chi connectivity index (χ1v) is 9.83. The van der Waals surface area contributed by atoms with E-state index in [1.807, 2.05) is 12.1 Å². The van der Waals surface area contributed by atoms with E-state index < -0.39 is 16.1 Å². The first kappa shape index (κ1) is 17.4. The molecule has 0 aliphatic carbocycles. The number of aromatic nitrogens is 3. The molecule has 2 aromatic heterocycles. The Hall–Kier alpha value is -3.03. The molecule has 0 bridgehead atoms. The van der Waals surface area contributed by atoms with Crippen LogP contribution in [0.25, 0.3) is 22.2 Å². The Morgan fingerprint density at radius 3 is 2.48 bits per heavy atom. The van der Waals surface area contributed by atoms with Gasteiger partial charge in [0.05, 0.1) is 22.2 Å². The van der Waals surface area contributed by atoms with Gasteiger partial charge in [-0.3, -0.25) is 0 Å². The number of fused-ring (bicyclic) bond motifs is 1. The minimum absolute atomic E-state index is 0.204. The highest BCUT2D eigenvalue weighted by molar-refractivity contribution is 7.90. The molecule has 0 radical (unpaired) electrons. The van der Waals surface area contributed by atoms with Crippen molar-refractivity contribution in [3.05, 3.63) is 78.9 Å². The predicted octanol–water partition coefficient (Wildman–Crippen LogP) is 3.39. The van der Waals surface area contributed by atoms with Crippen molar-refractivity contribution in [3.8, 4) is 11.3 Å². The van der Waals surface area contributed by atoms with Gasteiger partial charge in [0, 0.05) is 28.9 Å². The van der Waals surface area contributed by atoms with Gasteiger partial charge in [-0.2, -0.15) is 0 Å². The highest BCUT2D eigenvalue weighted by atomic mass is 32.2. The minimum Gasteiger partial charge on any atom is -0.389 e. The SMILES string of the molecule is CC(O)c1cncnc1-c1cn(S(=O)(=O)c2ccccc2)c2ccccc12. The highest BCUT2D eigenvalue weighted by Crippen LogP contribution is 2.34. The van der Waals surface area contributed by atoms with E-state index in [9.17, 15) is 13.5 Å². The van der Waals surface area contributed by atoms with E-state index >= 15 is 0 Å². The van der Waals surface area contributed by atoms with Crippen molar-refractivity contribution in [2.24, 2.45) is 0 Å². The number of nitrogens with zero attached hydrogens (tertiary/aromatic N) is 3. The lowest BCUT2D eigenvalue weighted by Gasteiger charge is -2.09. The van der Waals surface area contributed by atoms with E-state index in [0.717, 1.165) is 5.39 Å². The summed E-state index contributed by atoms with van der Waals surface area (Å²) in [7, 11) is -3.78. The summed E-state index contributed by atoms with van der Waals surface area (Å²) < 4.78 is 27.6.